The van der Waals surface area contributed by atoms with E-state index in [1.807, 2.05) is 18.2 Å². The molecular weight excluding hydrogens is 531 g/mol. The molecule has 0 radical (unpaired) electrons. The highest BCUT2D eigenvalue weighted by atomic mass is 35.5. The molecule has 1 N–H and O–H groups in total. The smallest absolute Gasteiger partial charge is 0.248 e. The fourth-order valence-electron chi connectivity index (χ4n) is 3.81. The van der Waals surface area contributed by atoms with Gasteiger partial charge in [-0.25, -0.2) is 4.98 Å². The number of anilines is 1. The number of rotatable bonds is 6. The summed E-state index contributed by atoms with van der Waals surface area (Å²) in [5.74, 6) is 1.54. The molecule has 0 atom stereocenters. The molecule has 0 bridgehead atoms. The van der Waals surface area contributed by atoms with Crippen LogP contribution in [0.4, 0.5) is 5.69 Å². The van der Waals surface area contributed by atoms with Gasteiger partial charge in [-0.15, -0.1) is 0 Å². The number of amides is 1. The Hall–Kier alpha value is -3.51. The molecule has 186 valence electrons. The highest BCUT2D eigenvalue weighted by molar-refractivity contribution is 6.35. The second-order valence-corrected chi connectivity index (χ2v) is 10.1. The van der Waals surface area contributed by atoms with Gasteiger partial charge in [-0.2, -0.15) is 0 Å². The number of aromatic nitrogens is 1. The second-order valence-electron chi connectivity index (χ2n) is 8.78. The number of nitrogens with one attached hydrogen (secondary N) is 1. The monoisotopic (exact) mass is 550 g/mol. The van der Waals surface area contributed by atoms with E-state index in [2.05, 4.69) is 24.1 Å². The normalized spacial score (nSPS) is 11.6. The van der Waals surface area contributed by atoms with Gasteiger partial charge in [0.1, 0.15) is 17.0 Å². The fraction of sp³-hybridized carbons (Fsp3) is 0.103. The molecule has 8 heteroatoms. The van der Waals surface area contributed by atoms with Crippen molar-refractivity contribution in [3.63, 3.8) is 0 Å². The van der Waals surface area contributed by atoms with Crippen molar-refractivity contribution < 1.29 is 13.6 Å². The number of furan rings is 1. The molecule has 0 saturated carbocycles. The zero-order valence-corrected chi connectivity index (χ0v) is 22.2. The predicted molar refractivity (Wildman–Crippen MR) is 150 cm³/mol. The highest BCUT2D eigenvalue weighted by Gasteiger charge is 2.13. The lowest BCUT2D eigenvalue weighted by atomic mass is 10.0. The first-order valence-corrected chi connectivity index (χ1v) is 12.6. The van der Waals surface area contributed by atoms with Gasteiger partial charge < -0.3 is 14.2 Å². The van der Waals surface area contributed by atoms with Gasteiger partial charge in [0.25, 0.3) is 0 Å². The molecule has 3 aromatic carbocycles. The van der Waals surface area contributed by atoms with Gasteiger partial charge in [0.2, 0.25) is 11.8 Å². The summed E-state index contributed by atoms with van der Waals surface area (Å²) < 4.78 is 11.7. The Morgan fingerprint density at radius 1 is 0.892 bits per heavy atom. The van der Waals surface area contributed by atoms with E-state index in [4.69, 9.17) is 43.6 Å². The average Bonchev–Trinajstić information content (AvgIpc) is 3.50. The predicted octanol–water partition coefficient (Wildman–Crippen LogP) is 9.49. The summed E-state index contributed by atoms with van der Waals surface area (Å²) in [6.45, 7) is 4.26. The third-order valence-electron chi connectivity index (χ3n) is 5.72. The van der Waals surface area contributed by atoms with Gasteiger partial charge in [-0.3, -0.25) is 4.79 Å². The third-order valence-corrected chi connectivity index (χ3v) is 6.49. The van der Waals surface area contributed by atoms with E-state index < -0.39 is 0 Å². The molecular formula is C29H21Cl3N2O3. The summed E-state index contributed by atoms with van der Waals surface area (Å²) in [7, 11) is 0. The van der Waals surface area contributed by atoms with Crippen molar-refractivity contribution in [2.45, 2.75) is 19.8 Å². The van der Waals surface area contributed by atoms with Crippen molar-refractivity contribution in [2.75, 3.05) is 5.32 Å². The highest BCUT2D eigenvalue weighted by Crippen LogP contribution is 2.32. The van der Waals surface area contributed by atoms with Gasteiger partial charge in [0, 0.05) is 27.2 Å². The minimum atomic E-state index is -0.373. The number of hydrogen-bond acceptors (Lipinski definition) is 4. The molecule has 5 nitrogen and oxygen atoms in total. The van der Waals surface area contributed by atoms with Crippen LogP contribution in [0.25, 0.3) is 40.0 Å². The quantitative estimate of drug-likeness (QED) is 0.213. The van der Waals surface area contributed by atoms with Gasteiger partial charge in [-0.1, -0.05) is 54.7 Å². The first kappa shape index (κ1) is 25.2. The molecule has 2 aromatic heterocycles. The Labute approximate surface area is 228 Å². The van der Waals surface area contributed by atoms with Crippen LogP contribution in [0.1, 0.15) is 31.1 Å². The summed E-state index contributed by atoms with van der Waals surface area (Å²) in [5, 5.41) is 4.20. The topological polar surface area (TPSA) is 68.3 Å². The van der Waals surface area contributed by atoms with E-state index in [0.717, 1.165) is 11.1 Å². The molecule has 0 aliphatic rings. The summed E-state index contributed by atoms with van der Waals surface area (Å²) in [4.78, 5) is 17.2. The summed E-state index contributed by atoms with van der Waals surface area (Å²) in [5.41, 5.74) is 4.53. The van der Waals surface area contributed by atoms with Crippen molar-refractivity contribution in [2.24, 2.45) is 0 Å². The number of carbonyl (C=O) groups excluding carboxylic acids is 1. The average molecular weight is 552 g/mol. The van der Waals surface area contributed by atoms with Gasteiger partial charge in [-0.05, 0) is 78.2 Å². The molecule has 37 heavy (non-hydrogen) atoms. The Morgan fingerprint density at radius 3 is 2.43 bits per heavy atom. The van der Waals surface area contributed by atoms with E-state index in [9.17, 15) is 4.79 Å². The van der Waals surface area contributed by atoms with Crippen LogP contribution >= 0.6 is 34.8 Å². The molecule has 5 rings (SSSR count). The van der Waals surface area contributed by atoms with Crippen LogP contribution in [0.15, 0.2) is 81.6 Å². The molecule has 0 spiro atoms. The summed E-state index contributed by atoms with van der Waals surface area (Å²) >= 11 is 18.5. The molecule has 0 aliphatic carbocycles. The maximum atomic E-state index is 12.6. The van der Waals surface area contributed by atoms with Crippen LogP contribution in [-0.4, -0.2) is 10.9 Å². The molecule has 0 unspecified atom stereocenters. The number of nitrogens with zero attached hydrogens (tertiary/aromatic N) is 1. The SMILES string of the molecule is CC(C)c1ccc2oc(-c3ccc(Cl)c(NC(=O)/C=C/c4ccc(-c5cc(Cl)cc(Cl)c5)o4)c3)nc2c1. The molecule has 5 aromatic rings. The van der Waals surface area contributed by atoms with Gasteiger partial charge >= 0.3 is 0 Å². The van der Waals surface area contributed by atoms with E-state index in [-0.39, 0.29) is 5.91 Å². The lowest BCUT2D eigenvalue weighted by Gasteiger charge is -2.06. The van der Waals surface area contributed by atoms with E-state index in [1.54, 1.807) is 54.6 Å². The molecule has 1 amide bonds. The third kappa shape index (κ3) is 5.75. The number of benzene rings is 3. The number of halogens is 3. The summed E-state index contributed by atoms with van der Waals surface area (Å²) in [6, 6.07) is 19.9. The number of fused-ring (bicyclic) bond motifs is 1. The number of hydrogen-bond donors (Lipinski definition) is 1. The van der Waals surface area contributed by atoms with Crippen molar-refractivity contribution >= 4 is 63.6 Å². The van der Waals surface area contributed by atoms with Gasteiger partial charge in [0.05, 0.1) is 10.7 Å². The Kier molecular flexibility index (Phi) is 7.11. The zero-order valence-electron chi connectivity index (χ0n) is 19.9. The maximum absolute atomic E-state index is 12.6. The standard InChI is InChI=1S/C29H21Cl3N2O3/c1-16(2)17-4-8-27-25(13-17)34-29(37-27)18-3-7-23(32)24(14-18)33-28(35)10-6-22-5-9-26(36-22)19-11-20(30)15-21(31)12-19/h3-16H,1-2H3,(H,33,35)/b10-6+. The van der Waals surface area contributed by atoms with Gasteiger partial charge in [0.15, 0.2) is 5.58 Å². The number of carbonyl (C=O) groups is 1. The maximum Gasteiger partial charge on any atom is 0.248 e. The lowest BCUT2D eigenvalue weighted by Crippen LogP contribution is -2.08. The zero-order chi connectivity index (χ0) is 26.1. The van der Waals surface area contributed by atoms with Crippen LogP contribution in [-0.2, 0) is 4.79 Å². The largest absolute Gasteiger partial charge is 0.457 e. The van der Waals surface area contributed by atoms with E-state index in [0.29, 0.717) is 55.2 Å². The minimum Gasteiger partial charge on any atom is -0.457 e. The van der Waals surface area contributed by atoms with E-state index in [1.165, 1.54) is 11.6 Å². The van der Waals surface area contributed by atoms with Crippen molar-refractivity contribution in [3.05, 3.63) is 99.2 Å². The number of oxazole rings is 1. The van der Waals surface area contributed by atoms with Crippen molar-refractivity contribution in [1.29, 1.82) is 0 Å². The minimum absolute atomic E-state index is 0.373. The molecule has 0 saturated heterocycles. The first-order chi connectivity index (χ1) is 17.7. The molecule has 2 heterocycles. The lowest BCUT2D eigenvalue weighted by molar-refractivity contribution is -0.111. The fourth-order valence-corrected chi connectivity index (χ4v) is 4.50. The van der Waals surface area contributed by atoms with Crippen molar-refractivity contribution in [3.8, 4) is 22.8 Å². The Balaban J connectivity index is 1.32. The van der Waals surface area contributed by atoms with Crippen LogP contribution in [0, 0.1) is 0 Å². The van der Waals surface area contributed by atoms with Crippen LogP contribution in [0.5, 0.6) is 0 Å². The van der Waals surface area contributed by atoms with Crippen LogP contribution in [0.3, 0.4) is 0 Å². The Bertz CT molecular complexity index is 1630. The van der Waals surface area contributed by atoms with Crippen LogP contribution in [0.2, 0.25) is 15.1 Å². The summed E-state index contributed by atoms with van der Waals surface area (Å²) in [6.07, 6.45) is 2.93. The first-order valence-electron chi connectivity index (χ1n) is 11.5. The molecule has 0 fully saturated rings. The molecule has 0 aliphatic heterocycles. The van der Waals surface area contributed by atoms with E-state index >= 15 is 0 Å². The second kappa shape index (κ2) is 10.5. The van der Waals surface area contributed by atoms with Crippen molar-refractivity contribution in [1.82, 2.24) is 4.98 Å². The Morgan fingerprint density at radius 2 is 1.68 bits per heavy atom. The van der Waals surface area contributed by atoms with Crippen LogP contribution < -0.4 is 5.32 Å².